The molecule has 0 aliphatic rings. The number of carbonyl (C=O) groups is 2. The van der Waals surface area contributed by atoms with E-state index in [4.69, 9.17) is 5.11 Å². The number of hydrogen-bond acceptors (Lipinski definition) is 5. The van der Waals surface area contributed by atoms with Crippen molar-refractivity contribution in [1.82, 2.24) is 15.1 Å². The molecule has 0 saturated heterocycles. The van der Waals surface area contributed by atoms with E-state index in [0.717, 1.165) is 17.1 Å². The molecular formula is C11H16N4O5. The van der Waals surface area contributed by atoms with E-state index in [0.29, 0.717) is 6.42 Å². The summed E-state index contributed by atoms with van der Waals surface area (Å²) in [5.41, 5.74) is -0.185. The van der Waals surface area contributed by atoms with Crippen LogP contribution in [0.2, 0.25) is 0 Å². The molecule has 20 heavy (non-hydrogen) atoms. The minimum atomic E-state index is -0.909. The van der Waals surface area contributed by atoms with Crippen molar-refractivity contribution in [1.29, 1.82) is 0 Å². The van der Waals surface area contributed by atoms with Gasteiger partial charge in [0.25, 0.3) is 0 Å². The van der Waals surface area contributed by atoms with E-state index in [9.17, 15) is 19.7 Å². The molecule has 9 heteroatoms. The highest BCUT2D eigenvalue weighted by Gasteiger charge is 2.14. The second kappa shape index (κ2) is 7.22. The van der Waals surface area contributed by atoms with Gasteiger partial charge in [0.1, 0.15) is 18.9 Å². The zero-order valence-electron chi connectivity index (χ0n) is 11.0. The average molecular weight is 284 g/mol. The van der Waals surface area contributed by atoms with Crippen LogP contribution in [0.4, 0.5) is 5.69 Å². The van der Waals surface area contributed by atoms with Crippen molar-refractivity contribution in [2.24, 2.45) is 5.92 Å². The Balaban J connectivity index is 2.42. The number of nitrogens with zero attached hydrogens (tertiary/aromatic N) is 3. The van der Waals surface area contributed by atoms with Crippen LogP contribution in [0.25, 0.3) is 0 Å². The number of rotatable bonds is 8. The van der Waals surface area contributed by atoms with Gasteiger partial charge in [-0.25, -0.2) is 0 Å². The largest absolute Gasteiger partial charge is 0.481 e. The molecule has 0 aliphatic carbocycles. The monoisotopic (exact) mass is 284 g/mol. The van der Waals surface area contributed by atoms with Gasteiger partial charge in [0, 0.05) is 13.0 Å². The zero-order chi connectivity index (χ0) is 15.1. The van der Waals surface area contributed by atoms with Gasteiger partial charge in [0.05, 0.1) is 4.92 Å². The third-order valence-electron chi connectivity index (χ3n) is 2.76. The number of nitrogens with one attached hydrogen (secondary N) is 1. The van der Waals surface area contributed by atoms with Gasteiger partial charge in [0.15, 0.2) is 0 Å². The maximum atomic E-state index is 11.6. The smallest absolute Gasteiger partial charge is 0.307 e. The van der Waals surface area contributed by atoms with Crippen LogP contribution < -0.4 is 5.32 Å². The van der Waals surface area contributed by atoms with Gasteiger partial charge in [-0.05, 0) is 5.92 Å². The Morgan fingerprint density at radius 3 is 2.80 bits per heavy atom. The Kier molecular flexibility index (Phi) is 5.63. The predicted molar refractivity (Wildman–Crippen MR) is 67.9 cm³/mol. The number of nitro groups is 1. The SMILES string of the molecule is CCC(CNC(=O)Cn1cc([N+](=O)[O-])cn1)CC(=O)O. The van der Waals surface area contributed by atoms with Gasteiger partial charge in [0.2, 0.25) is 5.91 Å². The van der Waals surface area contributed by atoms with E-state index in [1.807, 2.05) is 6.92 Å². The van der Waals surface area contributed by atoms with Crippen molar-refractivity contribution in [3.05, 3.63) is 22.5 Å². The molecule has 0 radical (unpaired) electrons. The molecular weight excluding hydrogens is 268 g/mol. The van der Waals surface area contributed by atoms with Crippen LogP contribution in [0, 0.1) is 16.0 Å². The lowest BCUT2D eigenvalue weighted by molar-refractivity contribution is -0.385. The van der Waals surface area contributed by atoms with Crippen molar-refractivity contribution in [2.45, 2.75) is 26.3 Å². The predicted octanol–water partition coefficient (Wildman–Crippen LogP) is 0.408. The first kappa shape index (κ1) is 15.6. The second-order valence-electron chi connectivity index (χ2n) is 4.33. The summed E-state index contributed by atoms with van der Waals surface area (Å²) in [6, 6.07) is 0. The summed E-state index contributed by atoms with van der Waals surface area (Å²) >= 11 is 0. The Bertz CT molecular complexity index is 499. The maximum absolute atomic E-state index is 11.6. The highest BCUT2D eigenvalue weighted by molar-refractivity contribution is 5.75. The topological polar surface area (TPSA) is 127 Å². The van der Waals surface area contributed by atoms with E-state index in [1.54, 1.807) is 0 Å². The van der Waals surface area contributed by atoms with E-state index in [1.165, 1.54) is 0 Å². The minimum absolute atomic E-state index is 0.00990. The van der Waals surface area contributed by atoms with E-state index in [2.05, 4.69) is 10.4 Å². The maximum Gasteiger partial charge on any atom is 0.307 e. The average Bonchev–Trinajstić information content (AvgIpc) is 2.82. The van der Waals surface area contributed by atoms with Crippen LogP contribution in [0.3, 0.4) is 0 Å². The Hall–Kier alpha value is -2.45. The Labute approximate surface area is 114 Å². The lowest BCUT2D eigenvalue weighted by Crippen LogP contribution is -2.32. The van der Waals surface area contributed by atoms with Crippen molar-refractivity contribution in [3.8, 4) is 0 Å². The Morgan fingerprint density at radius 2 is 2.30 bits per heavy atom. The molecule has 1 unspecified atom stereocenters. The van der Waals surface area contributed by atoms with E-state index >= 15 is 0 Å². The first-order chi connectivity index (χ1) is 9.42. The molecule has 0 spiro atoms. The lowest BCUT2D eigenvalue weighted by Gasteiger charge is -2.13. The van der Waals surface area contributed by atoms with Crippen molar-refractivity contribution >= 4 is 17.6 Å². The molecule has 0 saturated carbocycles. The second-order valence-corrected chi connectivity index (χ2v) is 4.33. The molecule has 1 aromatic heterocycles. The van der Waals surface area contributed by atoms with Gasteiger partial charge in [-0.3, -0.25) is 24.4 Å². The van der Waals surface area contributed by atoms with Gasteiger partial charge in [-0.2, -0.15) is 5.10 Å². The van der Waals surface area contributed by atoms with Crippen LogP contribution in [-0.2, 0) is 16.1 Å². The number of amides is 1. The molecule has 9 nitrogen and oxygen atoms in total. The molecule has 0 fully saturated rings. The Morgan fingerprint density at radius 1 is 1.60 bits per heavy atom. The fourth-order valence-corrected chi connectivity index (χ4v) is 1.60. The fourth-order valence-electron chi connectivity index (χ4n) is 1.60. The molecule has 0 aromatic carbocycles. The van der Waals surface area contributed by atoms with E-state index in [-0.39, 0.29) is 37.0 Å². The minimum Gasteiger partial charge on any atom is -0.481 e. The first-order valence-corrected chi connectivity index (χ1v) is 6.07. The molecule has 1 heterocycles. The van der Waals surface area contributed by atoms with E-state index < -0.39 is 10.9 Å². The highest BCUT2D eigenvalue weighted by atomic mass is 16.6. The zero-order valence-corrected chi connectivity index (χ0v) is 11.0. The van der Waals surface area contributed by atoms with Gasteiger partial charge < -0.3 is 10.4 Å². The molecule has 1 amide bonds. The van der Waals surface area contributed by atoms with Crippen molar-refractivity contribution < 1.29 is 19.6 Å². The molecule has 0 bridgehead atoms. The molecule has 2 N–H and O–H groups in total. The number of carboxylic acids is 1. The third-order valence-corrected chi connectivity index (χ3v) is 2.76. The number of hydrogen-bond donors (Lipinski definition) is 2. The summed E-state index contributed by atoms with van der Waals surface area (Å²) in [7, 11) is 0. The summed E-state index contributed by atoms with van der Waals surface area (Å²) < 4.78 is 1.16. The molecule has 1 aromatic rings. The summed E-state index contributed by atoms with van der Waals surface area (Å²) in [5.74, 6) is -1.41. The summed E-state index contributed by atoms with van der Waals surface area (Å²) in [6.07, 6.45) is 2.85. The molecule has 1 rings (SSSR count). The number of carboxylic acid groups (broad SMARTS) is 1. The standard InChI is InChI=1S/C11H16N4O5/c1-2-8(3-11(17)18)4-12-10(16)7-14-6-9(5-13-14)15(19)20/h5-6,8H,2-4,7H2,1H3,(H,12,16)(H,17,18). The summed E-state index contributed by atoms with van der Waals surface area (Å²) in [6.45, 7) is 1.96. The van der Waals surface area contributed by atoms with Crippen LogP contribution in [0.15, 0.2) is 12.4 Å². The number of aromatic nitrogens is 2. The van der Waals surface area contributed by atoms with Crippen LogP contribution >= 0.6 is 0 Å². The summed E-state index contributed by atoms with van der Waals surface area (Å²) in [5, 5.41) is 25.4. The van der Waals surface area contributed by atoms with Crippen LogP contribution in [-0.4, -0.2) is 38.2 Å². The third kappa shape index (κ3) is 5.04. The molecule has 1 atom stereocenters. The fraction of sp³-hybridized carbons (Fsp3) is 0.545. The van der Waals surface area contributed by atoms with Crippen molar-refractivity contribution in [3.63, 3.8) is 0 Å². The van der Waals surface area contributed by atoms with Crippen LogP contribution in [0.5, 0.6) is 0 Å². The number of carbonyl (C=O) groups excluding carboxylic acids is 1. The van der Waals surface area contributed by atoms with Crippen molar-refractivity contribution in [2.75, 3.05) is 6.54 Å². The van der Waals surface area contributed by atoms with Gasteiger partial charge >= 0.3 is 11.7 Å². The lowest BCUT2D eigenvalue weighted by atomic mass is 10.0. The quantitative estimate of drug-likeness (QED) is 0.525. The van der Waals surface area contributed by atoms with Gasteiger partial charge in [-0.15, -0.1) is 0 Å². The highest BCUT2D eigenvalue weighted by Crippen LogP contribution is 2.08. The van der Waals surface area contributed by atoms with Crippen LogP contribution in [0.1, 0.15) is 19.8 Å². The number of aliphatic carboxylic acids is 1. The summed E-state index contributed by atoms with van der Waals surface area (Å²) in [4.78, 5) is 32.0. The normalized spacial score (nSPS) is 11.8. The molecule has 110 valence electrons. The first-order valence-electron chi connectivity index (χ1n) is 6.07. The molecule has 0 aliphatic heterocycles. The van der Waals surface area contributed by atoms with Gasteiger partial charge in [-0.1, -0.05) is 13.3 Å².